The second kappa shape index (κ2) is 5.08. The first-order valence-electron chi connectivity index (χ1n) is 5.28. The van der Waals surface area contributed by atoms with Crippen LogP contribution in [0.4, 0.5) is 0 Å². The van der Waals surface area contributed by atoms with Gasteiger partial charge >= 0.3 is 0 Å². The van der Waals surface area contributed by atoms with Gasteiger partial charge in [-0.05, 0) is 31.0 Å². The van der Waals surface area contributed by atoms with Gasteiger partial charge in [0.25, 0.3) is 0 Å². The molecule has 1 aromatic heterocycles. The third kappa shape index (κ3) is 2.79. The number of rotatable bonds is 3. The van der Waals surface area contributed by atoms with Gasteiger partial charge in [0.15, 0.2) is 0 Å². The molecule has 0 saturated carbocycles. The van der Waals surface area contributed by atoms with Gasteiger partial charge in [0.2, 0.25) is 0 Å². The Morgan fingerprint density at radius 2 is 2.57 bits per heavy atom. The first-order chi connectivity index (χ1) is 6.95. The molecule has 2 rings (SSSR count). The minimum Gasteiger partial charge on any atom is -0.315 e. The fraction of sp³-hybridized carbons (Fsp3) is 0.545. The van der Waals surface area contributed by atoms with Crippen LogP contribution in [0, 0.1) is 0 Å². The van der Waals surface area contributed by atoms with Crippen molar-refractivity contribution < 1.29 is 0 Å². The van der Waals surface area contributed by atoms with E-state index in [1.165, 1.54) is 24.9 Å². The molecule has 1 unspecified atom stereocenters. The van der Waals surface area contributed by atoms with E-state index in [0.717, 1.165) is 13.1 Å². The minimum atomic E-state index is 0.629. The lowest BCUT2D eigenvalue weighted by molar-refractivity contribution is 0.389. The molecule has 1 atom stereocenters. The summed E-state index contributed by atoms with van der Waals surface area (Å²) >= 11 is 0. The van der Waals surface area contributed by atoms with Gasteiger partial charge in [-0.1, -0.05) is 6.07 Å². The first kappa shape index (κ1) is 9.62. The van der Waals surface area contributed by atoms with Crippen LogP contribution in [0.25, 0.3) is 0 Å². The van der Waals surface area contributed by atoms with Crippen LogP contribution >= 0.6 is 0 Å². The summed E-state index contributed by atoms with van der Waals surface area (Å²) in [6.07, 6.45) is 6.30. The molecule has 0 amide bonds. The fourth-order valence-electron chi connectivity index (χ4n) is 1.79. The number of aromatic nitrogens is 1. The molecule has 0 aliphatic carbocycles. The highest BCUT2D eigenvalue weighted by Gasteiger charge is 2.11. The fourth-order valence-corrected chi connectivity index (χ4v) is 1.79. The number of nitrogens with zero attached hydrogens (tertiary/aromatic N) is 1. The van der Waals surface area contributed by atoms with E-state index in [4.69, 9.17) is 0 Å². The maximum absolute atomic E-state index is 4.09. The van der Waals surface area contributed by atoms with Crippen molar-refractivity contribution in [3.8, 4) is 0 Å². The number of hydrogen-bond donors (Lipinski definition) is 2. The number of hydrogen-bond acceptors (Lipinski definition) is 3. The Kier molecular flexibility index (Phi) is 3.49. The van der Waals surface area contributed by atoms with E-state index in [9.17, 15) is 0 Å². The molecule has 1 aliphatic rings. The predicted molar refractivity (Wildman–Crippen MR) is 57.0 cm³/mol. The molecule has 3 heteroatoms. The van der Waals surface area contributed by atoms with E-state index in [1.807, 2.05) is 18.5 Å². The van der Waals surface area contributed by atoms with Crippen molar-refractivity contribution in [3.05, 3.63) is 30.1 Å². The Morgan fingerprint density at radius 3 is 3.29 bits per heavy atom. The summed E-state index contributed by atoms with van der Waals surface area (Å²) in [6.45, 7) is 3.20. The molecular formula is C11H17N3. The van der Waals surface area contributed by atoms with Crippen LogP contribution < -0.4 is 10.6 Å². The molecular weight excluding hydrogens is 174 g/mol. The molecule has 3 nitrogen and oxygen atoms in total. The van der Waals surface area contributed by atoms with Crippen molar-refractivity contribution in [1.82, 2.24) is 15.6 Å². The maximum atomic E-state index is 4.09. The van der Waals surface area contributed by atoms with Crippen LogP contribution in [0.1, 0.15) is 18.4 Å². The molecule has 0 radical (unpaired) electrons. The molecule has 1 fully saturated rings. The van der Waals surface area contributed by atoms with Crippen molar-refractivity contribution in [3.63, 3.8) is 0 Å². The molecule has 0 aromatic carbocycles. The summed E-state index contributed by atoms with van der Waals surface area (Å²) in [6, 6.07) is 4.72. The summed E-state index contributed by atoms with van der Waals surface area (Å²) in [7, 11) is 0. The normalized spacial score (nSPS) is 22.1. The summed E-state index contributed by atoms with van der Waals surface area (Å²) in [4.78, 5) is 4.09. The molecule has 0 spiro atoms. The molecule has 14 heavy (non-hydrogen) atoms. The Labute approximate surface area is 84.9 Å². The second-order valence-electron chi connectivity index (χ2n) is 3.79. The summed E-state index contributed by atoms with van der Waals surface area (Å²) < 4.78 is 0. The second-order valence-corrected chi connectivity index (χ2v) is 3.79. The summed E-state index contributed by atoms with van der Waals surface area (Å²) in [5, 5.41) is 6.93. The standard InChI is InChI=1S/C11H17N3/c1-3-10(7-12-5-1)8-14-11-4-2-6-13-9-11/h1,3,5,7,11,13-14H,2,4,6,8-9H2. The smallest absolute Gasteiger partial charge is 0.0312 e. The van der Waals surface area contributed by atoms with Crippen molar-refractivity contribution in [2.45, 2.75) is 25.4 Å². The van der Waals surface area contributed by atoms with Crippen molar-refractivity contribution in [1.29, 1.82) is 0 Å². The van der Waals surface area contributed by atoms with E-state index in [1.54, 1.807) is 0 Å². The van der Waals surface area contributed by atoms with Crippen molar-refractivity contribution in [2.75, 3.05) is 13.1 Å². The van der Waals surface area contributed by atoms with Gasteiger partial charge in [-0.3, -0.25) is 4.98 Å². The summed E-state index contributed by atoms with van der Waals surface area (Å²) in [5.41, 5.74) is 1.26. The maximum Gasteiger partial charge on any atom is 0.0312 e. The molecule has 1 saturated heterocycles. The predicted octanol–water partition coefficient (Wildman–Crippen LogP) is 0.923. The van der Waals surface area contributed by atoms with Crippen LogP contribution in [-0.4, -0.2) is 24.1 Å². The van der Waals surface area contributed by atoms with Crippen molar-refractivity contribution in [2.24, 2.45) is 0 Å². The van der Waals surface area contributed by atoms with Gasteiger partial charge < -0.3 is 10.6 Å². The lowest BCUT2D eigenvalue weighted by atomic mass is 10.1. The first-order valence-corrected chi connectivity index (χ1v) is 5.28. The Balaban J connectivity index is 1.76. The SMILES string of the molecule is c1cncc(CNC2CCCNC2)c1. The highest BCUT2D eigenvalue weighted by atomic mass is 15.0. The Morgan fingerprint density at radius 1 is 1.57 bits per heavy atom. The number of nitrogens with one attached hydrogen (secondary N) is 2. The zero-order chi connectivity index (χ0) is 9.64. The minimum absolute atomic E-state index is 0.629. The molecule has 1 aromatic rings. The summed E-state index contributed by atoms with van der Waals surface area (Å²) in [5.74, 6) is 0. The third-order valence-electron chi connectivity index (χ3n) is 2.61. The van der Waals surface area contributed by atoms with Crippen molar-refractivity contribution >= 4 is 0 Å². The van der Waals surface area contributed by atoms with Gasteiger partial charge in [-0.25, -0.2) is 0 Å². The zero-order valence-electron chi connectivity index (χ0n) is 8.37. The van der Waals surface area contributed by atoms with Crippen LogP contribution in [0.5, 0.6) is 0 Å². The molecule has 1 aliphatic heterocycles. The lowest BCUT2D eigenvalue weighted by Crippen LogP contribution is -2.42. The average Bonchev–Trinajstić information content (AvgIpc) is 2.29. The van der Waals surface area contributed by atoms with Crippen LogP contribution in [0.2, 0.25) is 0 Å². The van der Waals surface area contributed by atoms with E-state index in [0.29, 0.717) is 6.04 Å². The molecule has 2 N–H and O–H groups in total. The lowest BCUT2D eigenvalue weighted by Gasteiger charge is -2.23. The van der Waals surface area contributed by atoms with Gasteiger partial charge in [0.1, 0.15) is 0 Å². The van der Waals surface area contributed by atoms with E-state index >= 15 is 0 Å². The number of piperidine rings is 1. The molecule has 2 heterocycles. The Hall–Kier alpha value is -0.930. The Bertz CT molecular complexity index is 254. The van der Waals surface area contributed by atoms with Gasteiger partial charge in [-0.2, -0.15) is 0 Å². The average molecular weight is 191 g/mol. The van der Waals surface area contributed by atoms with Gasteiger partial charge in [0.05, 0.1) is 0 Å². The van der Waals surface area contributed by atoms with E-state index in [-0.39, 0.29) is 0 Å². The van der Waals surface area contributed by atoms with E-state index < -0.39 is 0 Å². The quantitative estimate of drug-likeness (QED) is 0.746. The number of pyridine rings is 1. The van der Waals surface area contributed by atoms with Gasteiger partial charge in [-0.15, -0.1) is 0 Å². The van der Waals surface area contributed by atoms with Crippen LogP contribution in [-0.2, 0) is 6.54 Å². The van der Waals surface area contributed by atoms with Crippen LogP contribution in [0.15, 0.2) is 24.5 Å². The molecule has 76 valence electrons. The third-order valence-corrected chi connectivity index (χ3v) is 2.61. The van der Waals surface area contributed by atoms with Crippen LogP contribution in [0.3, 0.4) is 0 Å². The largest absolute Gasteiger partial charge is 0.315 e. The highest BCUT2D eigenvalue weighted by Crippen LogP contribution is 2.03. The monoisotopic (exact) mass is 191 g/mol. The highest BCUT2D eigenvalue weighted by molar-refractivity contribution is 5.08. The van der Waals surface area contributed by atoms with E-state index in [2.05, 4.69) is 21.7 Å². The van der Waals surface area contributed by atoms with Gasteiger partial charge in [0, 0.05) is 31.5 Å². The zero-order valence-corrected chi connectivity index (χ0v) is 8.37. The molecule has 0 bridgehead atoms. The topological polar surface area (TPSA) is 37.0 Å².